The maximum Gasteiger partial charge on any atom is 0.220 e. The van der Waals surface area contributed by atoms with Crippen LogP contribution in [0.1, 0.15) is 290 Å². The highest BCUT2D eigenvalue weighted by Crippen LogP contribution is 2.33. The topological polar surface area (TPSA) is 307 Å². The van der Waals surface area contributed by atoms with Crippen LogP contribution in [0.3, 0.4) is 0 Å². The molecule has 0 aromatic heterocycles. The van der Waals surface area contributed by atoms with Crippen molar-refractivity contribution in [1.82, 2.24) is 5.32 Å². The minimum absolute atomic E-state index is 0.239. The molecule has 0 aromatic carbocycles. The molecule has 17 unspecified atom stereocenters. The molecule has 94 heavy (non-hydrogen) atoms. The monoisotopic (exact) mass is 1340 g/mol. The minimum atomic E-state index is -1.97. The van der Waals surface area contributed by atoms with Crippen LogP contribution in [0.25, 0.3) is 0 Å². The van der Waals surface area contributed by atoms with Crippen molar-refractivity contribution in [3.63, 3.8) is 0 Å². The van der Waals surface area contributed by atoms with Gasteiger partial charge >= 0.3 is 0 Å². The number of carbonyl (C=O) groups excluding carboxylic acids is 1. The molecular weight excluding hydrogens is 1200 g/mol. The molecule has 0 radical (unpaired) electrons. The Morgan fingerprint density at radius 3 is 1.15 bits per heavy atom. The molecule has 19 heteroatoms. The summed E-state index contributed by atoms with van der Waals surface area (Å²) in [4.78, 5) is 13.5. The zero-order valence-corrected chi connectivity index (χ0v) is 58.4. The molecule has 1 amide bonds. The van der Waals surface area contributed by atoms with Crippen molar-refractivity contribution in [2.75, 3.05) is 26.4 Å². The Kier molecular flexibility index (Phi) is 51.7. The highest BCUT2D eigenvalue weighted by Gasteiger charge is 2.53. The van der Waals surface area contributed by atoms with E-state index >= 15 is 0 Å². The second-order valence-electron chi connectivity index (χ2n) is 27.1. The molecule has 3 aliphatic heterocycles. The van der Waals surface area contributed by atoms with Crippen molar-refractivity contribution in [1.29, 1.82) is 0 Å². The van der Waals surface area contributed by atoms with Gasteiger partial charge in [-0.3, -0.25) is 4.79 Å². The predicted molar refractivity (Wildman–Crippen MR) is 369 cm³/mol. The summed E-state index contributed by atoms with van der Waals surface area (Å²) >= 11 is 0. The highest BCUT2D eigenvalue weighted by atomic mass is 16.8. The molecule has 550 valence electrons. The Balaban J connectivity index is 1.34. The lowest BCUT2D eigenvalue weighted by Crippen LogP contribution is -2.66. The zero-order chi connectivity index (χ0) is 68.2. The molecule has 3 heterocycles. The molecule has 12 N–H and O–H groups in total. The van der Waals surface area contributed by atoms with E-state index in [4.69, 9.17) is 28.4 Å². The van der Waals surface area contributed by atoms with Gasteiger partial charge in [-0.15, -0.1) is 0 Å². The van der Waals surface area contributed by atoms with Crippen LogP contribution in [-0.4, -0.2) is 193 Å². The number of aliphatic hydroxyl groups excluding tert-OH is 11. The van der Waals surface area contributed by atoms with E-state index < -0.39 is 124 Å². The van der Waals surface area contributed by atoms with Crippen LogP contribution in [0, 0.1) is 0 Å². The summed E-state index contributed by atoms with van der Waals surface area (Å²) in [7, 11) is 0. The summed E-state index contributed by atoms with van der Waals surface area (Å²) in [5.41, 5.74) is 0. The molecule has 0 aliphatic carbocycles. The first-order valence-electron chi connectivity index (χ1n) is 37.9. The number of unbranched alkanes of at least 4 members (excludes halogenated alkanes) is 35. The van der Waals surface area contributed by atoms with Crippen LogP contribution in [0.5, 0.6) is 0 Å². The fourth-order valence-corrected chi connectivity index (χ4v) is 12.8. The van der Waals surface area contributed by atoms with E-state index in [1.807, 2.05) is 0 Å². The molecule has 0 aromatic rings. The average molecular weight is 1340 g/mol. The number of amides is 1. The number of aliphatic hydroxyl groups is 11. The SMILES string of the molecule is CC/C=C\C/C=C\C/C=C\C/C=C\CCCCCCCCCCCCCCCCCCCCCCC(=O)NC(COC1OC(CO)C(OC2OC(CO)C(OC3OC(CO)C(O)C(O)C3O)C(O)C2O)C(O)C1O)C(O)CCCCCCCCCCCCCCCCCC. The van der Waals surface area contributed by atoms with Gasteiger partial charge in [0, 0.05) is 6.42 Å². The number of carbonyl (C=O) groups is 1. The molecular formula is C75H137NO18. The van der Waals surface area contributed by atoms with E-state index in [0.29, 0.717) is 12.8 Å². The number of hydrogen-bond acceptors (Lipinski definition) is 18. The first-order valence-corrected chi connectivity index (χ1v) is 37.9. The smallest absolute Gasteiger partial charge is 0.220 e. The van der Waals surface area contributed by atoms with Gasteiger partial charge in [-0.25, -0.2) is 0 Å². The van der Waals surface area contributed by atoms with Crippen molar-refractivity contribution in [3.8, 4) is 0 Å². The number of hydrogen-bond donors (Lipinski definition) is 12. The average Bonchev–Trinajstić information content (AvgIpc) is 0.787. The lowest BCUT2D eigenvalue weighted by molar-refractivity contribution is -0.379. The first-order chi connectivity index (χ1) is 45.8. The summed E-state index contributed by atoms with van der Waals surface area (Å²) in [6, 6.07) is -0.886. The van der Waals surface area contributed by atoms with E-state index in [2.05, 4.69) is 67.8 Å². The summed E-state index contributed by atoms with van der Waals surface area (Å²) < 4.78 is 34.5. The van der Waals surface area contributed by atoms with Crippen molar-refractivity contribution in [2.45, 2.75) is 394 Å². The van der Waals surface area contributed by atoms with Gasteiger partial charge < -0.3 is 89.9 Å². The molecule has 0 spiro atoms. The van der Waals surface area contributed by atoms with Gasteiger partial charge in [-0.2, -0.15) is 0 Å². The summed E-state index contributed by atoms with van der Waals surface area (Å²) in [5, 5.41) is 121. The first kappa shape index (κ1) is 86.0. The van der Waals surface area contributed by atoms with Gasteiger partial charge in [-0.05, 0) is 51.4 Å². The van der Waals surface area contributed by atoms with E-state index in [1.54, 1.807) is 0 Å². The molecule has 0 bridgehead atoms. The third-order valence-electron chi connectivity index (χ3n) is 18.9. The Morgan fingerprint density at radius 2 is 0.734 bits per heavy atom. The molecule has 0 saturated carbocycles. The van der Waals surface area contributed by atoms with Crippen molar-refractivity contribution in [3.05, 3.63) is 48.6 Å². The molecule has 3 saturated heterocycles. The second kappa shape index (κ2) is 56.5. The van der Waals surface area contributed by atoms with Crippen LogP contribution in [0.4, 0.5) is 0 Å². The lowest BCUT2D eigenvalue weighted by atomic mass is 9.96. The third-order valence-corrected chi connectivity index (χ3v) is 18.9. The van der Waals surface area contributed by atoms with Crippen LogP contribution >= 0.6 is 0 Å². The Labute approximate surface area is 567 Å². The van der Waals surface area contributed by atoms with Gasteiger partial charge in [0.1, 0.15) is 73.2 Å². The largest absolute Gasteiger partial charge is 0.394 e. The Bertz CT molecular complexity index is 1890. The van der Waals surface area contributed by atoms with Crippen LogP contribution in [-0.2, 0) is 33.2 Å². The van der Waals surface area contributed by atoms with E-state index in [-0.39, 0.29) is 18.9 Å². The molecule has 17 atom stereocenters. The number of rotatable bonds is 59. The fourth-order valence-electron chi connectivity index (χ4n) is 12.8. The normalized spacial score (nSPS) is 27.6. The van der Waals surface area contributed by atoms with E-state index in [0.717, 1.165) is 70.6 Å². The van der Waals surface area contributed by atoms with Crippen molar-refractivity contribution >= 4 is 5.91 Å². The van der Waals surface area contributed by atoms with Gasteiger partial charge in [-0.1, -0.05) is 281 Å². The zero-order valence-electron chi connectivity index (χ0n) is 58.4. The van der Waals surface area contributed by atoms with Crippen LogP contribution < -0.4 is 5.32 Å². The third kappa shape index (κ3) is 37.3. The van der Waals surface area contributed by atoms with Gasteiger partial charge in [0.05, 0.1) is 38.6 Å². The number of nitrogens with one attached hydrogen (secondary N) is 1. The second-order valence-corrected chi connectivity index (χ2v) is 27.1. The van der Waals surface area contributed by atoms with Crippen molar-refractivity contribution < 1.29 is 89.4 Å². The minimum Gasteiger partial charge on any atom is -0.394 e. The highest BCUT2D eigenvalue weighted by molar-refractivity contribution is 5.76. The maximum absolute atomic E-state index is 13.5. The van der Waals surface area contributed by atoms with Gasteiger partial charge in [0.15, 0.2) is 18.9 Å². The van der Waals surface area contributed by atoms with Gasteiger partial charge in [0.2, 0.25) is 5.91 Å². The number of ether oxygens (including phenoxy) is 6. The molecule has 3 rings (SSSR count). The molecule has 3 fully saturated rings. The van der Waals surface area contributed by atoms with E-state index in [9.17, 15) is 61.0 Å². The predicted octanol–water partition coefficient (Wildman–Crippen LogP) is 11.3. The Morgan fingerprint density at radius 1 is 0.394 bits per heavy atom. The number of allylic oxidation sites excluding steroid dienone is 8. The summed E-state index contributed by atoms with van der Waals surface area (Å²) in [6.45, 7) is 1.71. The van der Waals surface area contributed by atoms with E-state index in [1.165, 1.54) is 186 Å². The summed E-state index contributed by atoms with van der Waals surface area (Å²) in [5.74, 6) is -0.239. The summed E-state index contributed by atoms with van der Waals surface area (Å²) in [6.07, 6.45) is 42.0. The quantitative estimate of drug-likeness (QED) is 0.0199. The maximum atomic E-state index is 13.5. The molecule has 19 nitrogen and oxygen atoms in total. The lowest BCUT2D eigenvalue weighted by Gasteiger charge is -2.48. The van der Waals surface area contributed by atoms with Crippen molar-refractivity contribution in [2.24, 2.45) is 0 Å². The fraction of sp³-hybridized carbons (Fsp3) is 0.880. The molecule has 3 aliphatic rings. The Hall–Kier alpha value is -2.25. The van der Waals surface area contributed by atoms with Crippen LogP contribution in [0.2, 0.25) is 0 Å². The standard InChI is InChI=1S/C75H137NO18/c1-3-5-7-9-11-13-15-17-19-21-22-23-24-25-26-27-28-29-30-31-32-33-34-35-36-37-39-41-43-45-47-49-51-53-63(81)76-58(59(80)52-50-48-46-44-42-40-38-20-18-16-14-12-10-8-6-4-2)57-89-73-69(87)66(84)71(61(55-78)91-73)94-75-70(88)67(85)72(62(56-79)92-75)93-74-68(86)65(83)64(82)60(54-77)90-74/h5,7,11,13,17,19,22-23,58-62,64-75,77-80,82-88H,3-4,6,8-10,12,14-16,18,20-21,24-57H2,1-2H3,(H,76,81)/b7-5-,13-11-,19-17-,23-22-. The van der Waals surface area contributed by atoms with Crippen LogP contribution in [0.15, 0.2) is 48.6 Å². The van der Waals surface area contributed by atoms with Gasteiger partial charge in [0.25, 0.3) is 0 Å².